The van der Waals surface area contributed by atoms with Crippen molar-refractivity contribution in [3.05, 3.63) is 42.0 Å². The molecule has 1 rings (SSSR count). The van der Waals surface area contributed by atoms with Crippen LogP contribution in [-0.2, 0) is 4.43 Å². The predicted octanol–water partition coefficient (Wildman–Crippen LogP) is 0.418. The van der Waals surface area contributed by atoms with E-state index in [0.717, 1.165) is 5.56 Å². The van der Waals surface area contributed by atoms with Crippen LogP contribution in [0.1, 0.15) is 5.56 Å². The highest BCUT2D eigenvalue weighted by atomic mass is 28.3. The first-order valence-corrected chi connectivity index (χ1v) is 5.49. The molecule has 0 aliphatic rings. The molecule has 13 heavy (non-hydrogen) atoms. The summed E-state index contributed by atoms with van der Waals surface area (Å²) in [6.45, 7) is 0.249. The molecule has 0 heterocycles. The average Bonchev–Trinajstić information content (AvgIpc) is 2.14. The van der Waals surface area contributed by atoms with Gasteiger partial charge in [-0.3, -0.25) is 0 Å². The summed E-state index contributed by atoms with van der Waals surface area (Å²) in [5.41, 5.74) is 1.07. The summed E-state index contributed by atoms with van der Waals surface area (Å²) in [4.78, 5) is 17.0. The van der Waals surface area contributed by atoms with Gasteiger partial charge in [-0.1, -0.05) is 42.5 Å². The SMILES string of the molecule is O[SiH](O)OCC=Cc1ccccc1. The molecule has 2 N–H and O–H groups in total. The standard InChI is InChI=1S/C9H12O3Si/c10-13(11)12-8-4-7-9-5-2-1-3-6-9/h1-7,10-11,13H,8H2. The predicted molar refractivity (Wildman–Crippen MR) is 53.0 cm³/mol. The lowest BCUT2D eigenvalue weighted by Gasteiger charge is -1.98. The van der Waals surface area contributed by atoms with E-state index in [1.807, 2.05) is 36.4 Å². The zero-order chi connectivity index (χ0) is 9.52. The fourth-order valence-corrected chi connectivity index (χ4v) is 1.17. The van der Waals surface area contributed by atoms with Crippen molar-refractivity contribution in [3.8, 4) is 0 Å². The Morgan fingerprint density at radius 2 is 1.92 bits per heavy atom. The van der Waals surface area contributed by atoms with Crippen molar-refractivity contribution >= 4 is 15.6 Å². The quantitative estimate of drug-likeness (QED) is 0.686. The Morgan fingerprint density at radius 1 is 1.23 bits per heavy atom. The second-order valence-electron chi connectivity index (χ2n) is 2.47. The molecule has 0 aliphatic heterocycles. The van der Waals surface area contributed by atoms with Gasteiger partial charge in [-0.05, 0) is 5.56 Å². The third kappa shape index (κ3) is 4.59. The second-order valence-corrected chi connectivity index (χ2v) is 3.46. The summed E-state index contributed by atoms with van der Waals surface area (Å²) < 4.78 is 4.63. The summed E-state index contributed by atoms with van der Waals surface area (Å²) in [6, 6.07) is 9.75. The molecular formula is C9H12O3Si. The third-order valence-corrected chi connectivity index (χ3v) is 1.94. The molecule has 70 valence electrons. The van der Waals surface area contributed by atoms with Gasteiger partial charge in [-0.2, -0.15) is 0 Å². The van der Waals surface area contributed by atoms with Crippen LogP contribution in [0.4, 0.5) is 0 Å². The molecule has 0 spiro atoms. The largest absolute Gasteiger partial charge is 0.479 e. The van der Waals surface area contributed by atoms with E-state index in [4.69, 9.17) is 9.59 Å². The van der Waals surface area contributed by atoms with Crippen LogP contribution in [0.25, 0.3) is 6.08 Å². The molecule has 4 heteroatoms. The van der Waals surface area contributed by atoms with Gasteiger partial charge < -0.3 is 14.0 Å². The molecule has 0 unspecified atom stereocenters. The Hall–Kier alpha value is -0.943. The normalized spacial score (nSPS) is 11.3. The topological polar surface area (TPSA) is 49.7 Å². The van der Waals surface area contributed by atoms with Gasteiger partial charge in [0.05, 0.1) is 6.61 Å². The smallest absolute Gasteiger partial charge is 0.392 e. The van der Waals surface area contributed by atoms with Crippen molar-refractivity contribution in [2.24, 2.45) is 0 Å². The van der Waals surface area contributed by atoms with Crippen molar-refractivity contribution in [3.63, 3.8) is 0 Å². The number of hydrogen-bond donors (Lipinski definition) is 2. The highest BCUT2D eigenvalue weighted by Gasteiger charge is 1.97. The molecule has 0 aliphatic carbocycles. The Kier molecular flexibility index (Phi) is 4.41. The molecule has 0 saturated heterocycles. The van der Waals surface area contributed by atoms with Crippen molar-refractivity contribution in [2.75, 3.05) is 6.61 Å². The highest BCUT2D eigenvalue weighted by Crippen LogP contribution is 2.00. The van der Waals surface area contributed by atoms with Gasteiger partial charge >= 0.3 is 9.53 Å². The molecule has 0 fully saturated rings. The van der Waals surface area contributed by atoms with E-state index < -0.39 is 9.53 Å². The van der Waals surface area contributed by atoms with Gasteiger partial charge in [0, 0.05) is 0 Å². The van der Waals surface area contributed by atoms with Crippen LogP contribution in [0.3, 0.4) is 0 Å². The Balaban J connectivity index is 2.33. The van der Waals surface area contributed by atoms with Crippen molar-refractivity contribution in [2.45, 2.75) is 0 Å². The van der Waals surface area contributed by atoms with Crippen molar-refractivity contribution < 1.29 is 14.0 Å². The van der Waals surface area contributed by atoms with Gasteiger partial charge in [-0.15, -0.1) is 0 Å². The van der Waals surface area contributed by atoms with Gasteiger partial charge in [0.2, 0.25) is 0 Å². The molecule has 0 amide bonds. The van der Waals surface area contributed by atoms with Crippen molar-refractivity contribution in [1.29, 1.82) is 0 Å². The highest BCUT2D eigenvalue weighted by molar-refractivity contribution is 6.32. The maximum absolute atomic E-state index is 8.49. The maximum Gasteiger partial charge on any atom is 0.479 e. The van der Waals surface area contributed by atoms with Gasteiger partial charge in [0.25, 0.3) is 0 Å². The molecule has 1 aromatic rings. The van der Waals surface area contributed by atoms with Gasteiger partial charge in [0.1, 0.15) is 0 Å². The lowest BCUT2D eigenvalue weighted by atomic mass is 10.2. The summed E-state index contributed by atoms with van der Waals surface area (Å²) in [7, 11) is -2.85. The van der Waals surface area contributed by atoms with Crippen LogP contribution in [0.2, 0.25) is 0 Å². The first-order valence-electron chi connectivity index (χ1n) is 3.98. The zero-order valence-corrected chi connectivity index (χ0v) is 8.28. The number of hydrogen-bond acceptors (Lipinski definition) is 3. The molecular weight excluding hydrogens is 184 g/mol. The van der Waals surface area contributed by atoms with E-state index in [1.54, 1.807) is 6.08 Å². The second kappa shape index (κ2) is 5.66. The molecule has 1 aromatic carbocycles. The van der Waals surface area contributed by atoms with Crippen LogP contribution < -0.4 is 0 Å². The Labute approximate surface area is 78.9 Å². The minimum absolute atomic E-state index is 0.249. The third-order valence-electron chi connectivity index (χ3n) is 1.45. The summed E-state index contributed by atoms with van der Waals surface area (Å²) >= 11 is 0. The summed E-state index contributed by atoms with van der Waals surface area (Å²) in [5, 5.41) is 0. The lowest BCUT2D eigenvalue weighted by molar-refractivity contribution is 0.207. The fraction of sp³-hybridized carbons (Fsp3) is 0.111. The number of benzene rings is 1. The molecule has 0 radical (unpaired) electrons. The van der Waals surface area contributed by atoms with E-state index >= 15 is 0 Å². The van der Waals surface area contributed by atoms with Crippen LogP contribution in [0.15, 0.2) is 36.4 Å². The first kappa shape index (κ1) is 10.1. The van der Waals surface area contributed by atoms with Gasteiger partial charge in [0.15, 0.2) is 0 Å². The number of rotatable bonds is 4. The van der Waals surface area contributed by atoms with Crippen molar-refractivity contribution in [1.82, 2.24) is 0 Å². The summed E-state index contributed by atoms with van der Waals surface area (Å²) in [6.07, 6.45) is 3.62. The molecule has 0 atom stereocenters. The van der Waals surface area contributed by atoms with E-state index in [1.165, 1.54) is 0 Å². The first-order chi connectivity index (χ1) is 6.29. The monoisotopic (exact) mass is 196 g/mol. The molecule has 0 bridgehead atoms. The van der Waals surface area contributed by atoms with Crippen LogP contribution in [-0.4, -0.2) is 25.7 Å². The fourth-order valence-electron chi connectivity index (χ4n) is 0.890. The van der Waals surface area contributed by atoms with Crippen LogP contribution in [0, 0.1) is 0 Å². The van der Waals surface area contributed by atoms with Gasteiger partial charge in [-0.25, -0.2) is 0 Å². The van der Waals surface area contributed by atoms with Crippen LogP contribution in [0.5, 0.6) is 0 Å². The molecule has 0 aromatic heterocycles. The van der Waals surface area contributed by atoms with E-state index in [9.17, 15) is 0 Å². The van der Waals surface area contributed by atoms with E-state index in [2.05, 4.69) is 4.43 Å². The molecule has 0 saturated carbocycles. The minimum atomic E-state index is -2.85. The lowest BCUT2D eigenvalue weighted by Crippen LogP contribution is -2.16. The Morgan fingerprint density at radius 3 is 2.54 bits per heavy atom. The van der Waals surface area contributed by atoms with E-state index in [0.29, 0.717) is 0 Å². The van der Waals surface area contributed by atoms with Crippen LogP contribution >= 0.6 is 0 Å². The minimum Gasteiger partial charge on any atom is -0.392 e. The average molecular weight is 196 g/mol. The Bertz CT molecular complexity index is 259. The van der Waals surface area contributed by atoms with E-state index in [-0.39, 0.29) is 6.61 Å². The maximum atomic E-state index is 8.49. The zero-order valence-electron chi connectivity index (χ0n) is 7.13. The summed E-state index contributed by atoms with van der Waals surface area (Å²) in [5.74, 6) is 0. The molecule has 3 nitrogen and oxygen atoms in total.